The van der Waals surface area contributed by atoms with Crippen LogP contribution in [0, 0.1) is 0 Å². The number of dihydropyridines is 1. The third-order valence-corrected chi connectivity index (χ3v) is 2.79. The highest BCUT2D eigenvalue weighted by molar-refractivity contribution is 5.24. The van der Waals surface area contributed by atoms with Gasteiger partial charge in [-0.05, 0) is 12.0 Å². The first kappa shape index (κ1) is 10.5. The minimum absolute atomic E-state index is 0.287. The van der Waals surface area contributed by atoms with Gasteiger partial charge in [-0.1, -0.05) is 6.08 Å². The molecule has 0 amide bonds. The molecule has 0 radical (unpaired) electrons. The van der Waals surface area contributed by atoms with Crippen molar-refractivity contribution in [1.29, 1.82) is 0 Å². The van der Waals surface area contributed by atoms with Crippen LogP contribution in [-0.4, -0.2) is 49.4 Å². The Morgan fingerprint density at radius 1 is 1.40 bits per heavy atom. The van der Waals surface area contributed by atoms with Crippen molar-refractivity contribution in [2.75, 3.05) is 39.4 Å². The molecule has 0 saturated carbocycles. The van der Waals surface area contributed by atoms with E-state index >= 15 is 0 Å². The number of morpholine rings is 1. The number of aliphatic hydroxyl groups excluding tert-OH is 1. The van der Waals surface area contributed by atoms with Gasteiger partial charge < -0.3 is 15.2 Å². The number of aliphatic hydroxyl groups is 1. The van der Waals surface area contributed by atoms with E-state index in [4.69, 9.17) is 4.74 Å². The fraction of sp³-hybridized carbons (Fsp3) is 0.636. The monoisotopic (exact) mass is 210 g/mol. The molecule has 2 aliphatic heterocycles. The molecule has 0 aromatic carbocycles. The van der Waals surface area contributed by atoms with Gasteiger partial charge in [0, 0.05) is 32.3 Å². The van der Waals surface area contributed by atoms with Crippen molar-refractivity contribution < 1.29 is 9.84 Å². The average Bonchev–Trinajstić information content (AvgIpc) is 2.28. The quantitative estimate of drug-likeness (QED) is 0.717. The Kier molecular flexibility index (Phi) is 3.64. The summed E-state index contributed by atoms with van der Waals surface area (Å²) in [5.41, 5.74) is 1.22. The first-order chi connectivity index (χ1) is 7.34. The molecule has 0 aromatic heterocycles. The van der Waals surface area contributed by atoms with Crippen molar-refractivity contribution in [3.8, 4) is 0 Å². The molecule has 4 heteroatoms. The van der Waals surface area contributed by atoms with E-state index in [0.717, 1.165) is 45.8 Å². The second kappa shape index (κ2) is 5.19. The first-order valence-electron chi connectivity index (χ1n) is 5.48. The molecule has 0 atom stereocenters. The first-order valence-corrected chi connectivity index (χ1v) is 5.48. The van der Waals surface area contributed by atoms with Gasteiger partial charge in [-0.2, -0.15) is 0 Å². The van der Waals surface area contributed by atoms with E-state index in [9.17, 15) is 5.11 Å². The summed E-state index contributed by atoms with van der Waals surface area (Å²) in [6.45, 7) is 5.55. The second-order valence-electron chi connectivity index (χ2n) is 3.89. The number of rotatable bonds is 3. The Hall–Kier alpha value is -1.00. The van der Waals surface area contributed by atoms with Crippen LogP contribution in [0.5, 0.6) is 0 Å². The molecular weight excluding hydrogens is 192 g/mol. The number of nitrogens with one attached hydrogen (secondary N) is 1. The summed E-state index contributed by atoms with van der Waals surface area (Å²) in [6, 6.07) is 0. The van der Waals surface area contributed by atoms with Crippen LogP contribution in [0.3, 0.4) is 0 Å². The number of ether oxygens (including phenoxy) is 1. The van der Waals surface area contributed by atoms with E-state index in [-0.39, 0.29) is 5.88 Å². The van der Waals surface area contributed by atoms with Crippen molar-refractivity contribution in [1.82, 2.24) is 10.2 Å². The predicted molar refractivity (Wildman–Crippen MR) is 58.7 cm³/mol. The van der Waals surface area contributed by atoms with E-state index in [1.165, 1.54) is 5.57 Å². The van der Waals surface area contributed by atoms with Gasteiger partial charge in [0.2, 0.25) is 0 Å². The predicted octanol–water partition coefficient (Wildman–Crippen LogP) is 0.638. The van der Waals surface area contributed by atoms with Crippen LogP contribution < -0.4 is 5.32 Å². The van der Waals surface area contributed by atoms with Gasteiger partial charge in [0.1, 0.15) is 0 Å². The van der Waals surface area contributed by atoms with Crippen LogP contribution in [0.25, 0.3) is 0 Å². The highest BCUT2D eigenvalue weighted by atomic mass is 16.5. The smallest absolute Gasteiger partial charge is 0.184 e. The topological polar surface area (TPSA) is 44.7 Å². The zero-order valence-corrected chi connectivity index (χ0v) is 8.91. The van der Waals surface area contributed by atoms with Gasteiger partial charge in [0.25, 0.3) is 0 Å². The summed E-state index contributed by atoms with van der Waals surface area (Å²) in [7, 11) is 0. The van der Waals surface area contributed by atoms with Crippen molar-refractivity contribution in [3.63, 3.8) is 0 Å². The lowest BCUT2D eigenvalue weighted by atomic mass is 10.1. The Morgan fingerprint density at radius 3 is 2.93 bits per heavy atom. The molecule has 0 spiro atoms. The molecular formula is C11H18N2O2. The number of nitrogens with zero attached hydrogens (tertiary/aromatic N) is 1. The Morgan fingerprint density at radius 2 is 2.20 bits per heavy atom. The maximum Gasteiger partial charge on any atom is 0.184 e. The third kappa shape index (κ3) is 3.25. The molecule has 1 saturated heterocycles. The lowest BCUT2D eigenvalue weighted by Gasteiger charge is -2.26. The molecule has 0 unspecified atom stereocenters. The van der Waals surface area contributed by atoms with Crippen molar-refractivity contribution in [2.24, 2.45) is 0 Å². The zero-order valence-electron chi connectivity index (χ0n) is 8.91. The summed E-state index contributed by atoms with van der Waals surface area (Å²) in [5.74, 6) is 0.287. The van der Waals surface area contributed by atoms with Gasteiger partial charge in [-0.3, -0.25) is 4.90 Å². The third-order valence-electron chi connectivity index (χ3n) is 2.79. The second-order valence-corrected chi connectivity index (χ2v) is 3.89. The van der Waals surface area contributed by atoms with Gasteiger partial charge in [-0.15, -0.1) is 0 Å². The molecule has 1 fully saturated rings. The van der Waals surface area contributed by atoms with E-state index in [2.05, 4.69) is 16.3 Å². The molecule has 0 bridgehead atoms. The standard InChI is InChI=1S/C11H18N2O2/c14-11-9-10(1-3-12-11)2-4-13-5-7-15-8-6-13/h1,9,12,14H,2-8H2. The van der Waals surface area contributed by atoms with Gasteiger partial charge in [0.15, 0.2) is 5.88 Å². The molecule has 4 nitrogen and oxygen atoms in total. The van der Waals surface area contributed by atoms with Gasteiger partial charge in [0.05, 0.1) is 13.2 Å². The highest BCUT2D eigenvalue weighted by Gasteiger charge is 2.11. The molecule has 15 heavy (non-hydrogen) atoms. The van der Waals surface area contributed by atoms with Gasteiger partial charge >= 0.3 is 0 Å². The SMILES string of the molecule is OC1=CC(CCN2CCOCC2)=CCN1. The van der Waals surface area contributed by atoms with Crippen LogP contribution in [0.4, 0.5) is 0 Å². The van der Waals surface area contributed by atoms with Crippen molar-refractivity contribution in [3.05, 3.63) is 23.6 Å². The molecule has 2 aliphatic rings. The lowest BCUT2D eigenvalue weighted by Crippen LogP contribution is -2.37. The van der Waals surface area contributed by atoms with E-state index in [1.807, 2.05) is 6.08 Å². The number of hydrogen-bond acceptors (Lipinski definition) is 4. The summed E-state index contributed by atoms with van der Waals surface area (Å²) < 4.78 is 5.29. The normalized spacial score (nSPS) is 22.9. The maximum atomic E-state index is 9.29. The average molecular weight is 210 g/mol. The van der Waals surface area contributed by atoms with Crippen LogP contribution >= 0.6 is 0 Å². The minimum Gasteiger partial charge on any atom is -0.495 e. The van der Waals surface area contributed by atoms with Crippen molar-refractivity contribution in [2.45, 2.75) is 6.42 Å². The largest absolute Gasteiger partial charge is 0.495 e. The van der Waals surface area contributed by atoms with Crippen LogP contribution in [0.2, 0.25) is 0 Å². The molecule has 0 aliphatic carbocycles. The Labute approximate surface area is 90.2 Å². The summed E-state index contributed by atoms with van der Waals surface area (Å²) in [6.07, 6.45) is 4.94. The van der Waals surface area contributed by atoms with E-state index in [1.54, 1.807) is 0 Å². The van der Waals surface area contributed by atoms with Crippen molar-refractivity contribution >= 4 is 0 Å². The molecule has 2 N–H and O–H groups in total. The minimum atomic E-state index is 0.287. The fourth-order valence-corrected chi connectivity index (χ4v) is 1.86. The molecule has 84 valence electrons. The van der Waals surface area contributed by atoms with Crippen LogP contribution in [0.1, 0.15) is 6.42 Å². The number of hydrogen-bond donors (Lipinski definition) is 2. The molecule has 2 heterocycles. The van der Waals surface area contributed by atoms with Crippen LogP contribution in [-0.2, 0) is 4.74 Å². The van der Waals surface area contributed by atoms with Crippen LogP contribution in [0.15, 0.2) is 23.6 Å². The summed E-state index contributed by atoms with van der Waals surface area (Å²) >= 11 is 0. The number of allylic oxidation sites excluding steroid dienone is 1. The highest BCUT2D eigenvalue weighted by Crippen LogP contribution is 2.10. The Bertz CT molecular complexity index is 268. The molecule has 2 rings (SSSR count). The fourth-order valence-electron chi connectivity index (χ4n) is 1.86. The Balaban J connectivity index is 1.75. The molecule has 0 aromatic rings. The van der Waals surface area contributed by atoms with E-state index < -0.39 is 0 Å². The van der Waals surface area contributed by atoms with Gasteiger partial charge in [-0.25, -0.2) is 0 Å². The maximum absolute atomic E-state index is 9.29. The summed E-state index contributed by atoms with van der Waals surface area (Å²) in [4.78, 5) is 2.40. The summed E-state index contributed by atoms with van der Waals surface area (Å²) in [5, 5.41) is 12.1. The zero-order chi connectivity index (χ0) is 10.5. The van der Waals surface area contributed by atoms with E-state index in [0.29, 0.717) is 0 Å². The lowest BCUT2D eigenvalue weighted by molar-refractivity contribution is 0.0385.